The molecule has 1 aromatic heterocycles. The molecule has 1 N–H and O–H groups in total. The molecule has 0 saturated carbocycles. The zero-order chi connectivity index (χ0) is 18.1. The summed E-state index contributed by atoms with van der Waals surface area (Å²) in [6, 6.07) is 1.56. The average Bonchev–Trinajstić information content (AvgIpc) is 2.62. The maximum Gasteiger partial charge on any atom is 0.259 e. The number of fused-ring (bicyclic) bond motifs is 1. The Morgan fingerprint density at radius 1 is 1.16 bits per heavy atom. The predicted octanol–water partition coefficient (Wildman–Crippen LogP) is 1.57. The van der Waals surface area contributed by atoms with Crippen LogP contribution in [0.15, 0.2) is 17.3 Å². The number of nitrogens with zero attached hydrogens (tertiary/aromatic N) is 3. The lowest BCUT2D eigenvalue weighted by molar-refractivity contribution is -0.118. The third kappa shape index (κ3) is 3.01. The molecule has 0 bridgehead atoms. The number of amides is 1. The van der Waals surface area contributed by atoms with E-state index in [1.165, 1.54) is 14.2 Å². The Labute approximate surface area is 153 Å². The number of halogens is 2. The number of anilines is 1. The largest absolute Gasteiger partial charge is 0.495 e. The van der Waals surface area contributed by atoms with Crippen LogP contribution in [-0.4, -0.2) is 37.1 Å². The topological polar surface area (TPSA) is 85.7 Å². The molecule has 0 radical (unpaired) electrons. The van der Waals surface area contributed by atoms with E-state index in [1.54, 1.807) is 25.4 Å². The predicted molar refractivity (Wildman–Crippen MR) is 94.1 cm³/mol. The van der Waals surface area contributed by atoms with Crippen LogP contribution in [0.4, 0.5) is 5.95 Å². The normalized spacial score (nSPS) is 15.7. The van der Waals surface area contributed by atoms with Crippen LogP contribution < -0.4 is 25.5 Å². The Morgan fingerprint density at radius 2 is 1.80 bits per heavy atom. The number of carbonyl (C=O) groups is 1. The van der Waals surface area contributed by atoms with Gasteiger partial charge in [0.05, 0.1) is 30.2 Å². The van der Waals surface area contributed by atoms with Crippen LogP contribution in [0.3, 0.4) is 0 Å². The van der Waals surface area contributed by atoms with Crippen LogP contribution in [0.1, 0.15) is 11.5 Å². The van der Waals surface area contributed by atoms with Gasteiger partial charge in [0.25, 0.3) is 5.91 Å². The van der Waals surface area contributed by atoms with Crippen molar-refractivity contribution in [3.63, 3.8) is 0 Å². The Morgan fingerprint density at radius 3 is 2.36 bits per heavy atom. The number of aromatic nitrogens is 2. The first kappa shape index (κ1) is 17.4. The Hall–Kier alpha value is -2.38. The molecule has 9 heteroatoms. The molecule has 2 heterocycles. The van der Waals surface area contributed by atoms with Crippen molar-refractivity contribution in [2.75, 3.05) is 26.6 Å². The summed E-state index contributed by atoms with van der Waals surface area (Å²) >= 11 is 12.8. The zero-order valence-electron chi connectivity index (χ0n) is 13.6. The van der Waals surface area contributed by atoms with Gasteiger partial charge in [-0.15, -0.1) is 0 Å². The Bertz CT molecular complexity index is 950. The van der Waals surface area contributed by atoms with E-state index in [0.717, 1.165) is 0 Å². The van der Waals surface area contributed by atoms with Crippen molar-refractivity contribution in [2.24, 2.45) is 4.99 Å². The van der Waals surface area contributed by atoms with Crippen molar-refractivity contribution >= 4 is 41.1 Å². The summed E-state index contributed by atoms with van der Waals surface area (Å²) in [6.45, 7) is 0. The van der Waals surface area contributed by atoms with Gasteiger partial charge in [0.2, 0.25) is 5.95 Å². The van der Waals surface area contributed by atoms with Gasteiger partial charge in [-0.3, -0.25) is 4.79 Å². The fraction of sp³-hybridized carbons (Fsp3) is 0.250. The summed E-state index contributed by atoms with van der Waals surface area (Å²) in [5.41, 5.74) is 0.666. The van der Waals surface area contributed by atoms with E-state index >= 15 is 0 Å². The first-order chi connectivity index (χ1) is 12.0. The molecule has 25 heavy (non-hydrogen) atoms. The molecule has 1 unspecified atom stereocenters. The second-order valence-corrected chi connectivity index (χ2v) is 5.90. The van der Waals surface area contributed by atoms with E-state index in [0.29, 0.717) is 33.7 Å². The number of rotatable bonds is 4. The molecule has 2 aromatic rings. The highest BCUT2D eigenvalue weighted by atomic mass is 35.5. The van der Waals surface area contributed by atoms with E-state index in [4.69, 9.17) is 32.7 Å². The van der Waals surface area contributed by atoms with E-state index < -0.39 is 11.8 Å². The minimum Gasteiger partial charge on any atom is -0.495 e. The second-order valence-electron chi connectivity index (χ2n) is 5.14. The number of nitrogens with one attached hydrogen (secondary N) is 1. The number of hydrogen-bond acceptors (Lipinski definition) is 6. The van der Waals surface area contributed by atoms with Crippen molar-refractivity contribution in [3.8, 4) is 11.5 Å². The van der Waals surface area contributed by atoms with Crippen molar-refractivity contribution in [1.82, 2.24) is 9.97 Å². The van der Waals surface area contributed by atoms with Gasteiger partial charge in [0, 0.05) is 30.1 Å². The van der Waals surface area contributed by atoms with E-state index in [-0.39, 0.29) is 10.0 Å². The lowest BCUT2D eigenvalue weighted by Gasteiger charge is -2.19. The number of methoxy groups -OCH3 is 2. The average molecular weight is 381 g/mol. The number of benzene rings is 1. The van der Waals surface area contributed by atoms with Gasteiger partial charge in [-0.25, -0.2) is 4.98 Å². The van der Waals surface area contributed by atoms with Gasteiger partial charge in [-0.05, 0) is 0 Å². The molecule has 130 valence electrons. The Kier molecular flexibility index (Phi) is 4.78. The smallest absolute Gasteiger partial charge is 0.259 e. The number of carbonyl (C=O) groups excluding carboxylic acids is 1. The molecular weight excluding hydrogens is 367 g/mol. The number of hydrogen-bond donors (Lipinski definition) is 1. The highest BCUT2D eigenvalue weighted by Crippen LogP contribution is 2.44. The third-order valence-corrected chi connectivity index (χ3v) is 4.55. The van der Waals surface area contributed by atoms with Gasteiger partial charge in [0.15, 0.2) is 5.49 Å². The third-order valence-electron chi connectivity index (χ3n) is 3.77. The zero-order valence-corrected chi connectivity index (χ0v) is 15.1. The fourth-order valence-electron chi connectivity index (χ4n) is 2.52. The number of ether oxygens (including phenoxy) is 2. The van der Waals surface area contributed by atoms with Gasteiger partial charge >= 0.3 is 0 Å². The van der Waals surface area contributed by atoms with Gasteiger partial charge < -0.3 is 14.8 Å². The van der Waals surface area contributed by atoms with Crippen molar-refractivity contribution in [2.45, 2.75) is 5.92 Å². The molecule has 0 spiro atoms. The van der Waals surface area contributed by atoms with Crippen molar-refractivity contribution < 1.29 is 14.3 Å². The molecule has 3 rings (SSSR count). The molecule has 1 aromatic carbocycles. The summed E-state index contributed by atoms with van der Waals surface area (Å²) < 4.78 is 10.5. The quantitative estimate of drug-likeness (QED) is 0.866. The van der Waals surface area contributed by atoms with Crippen LogP contribution in [-0.2, 0) is 4.79 Å². The first-order valence-electron chi connectivity index (χ1n) is 7.25. The minimum atomic E-state index is -0.791. The van der Waals surface area contributed by atoms with Crippen LogP contribution in [0, 0.1) is 0 Å². The molecule has 7 nitrogen and oxygen atoms in total. The van der Waals surface area contributed by atoms with Crippen LogP contribution >= 0.6 is 23.2 Å². The standard InChI is InChI=1S/C16H14Cl2N4O3/c1-19-16-20-6-7-4-8(15(23)21-14(7)22-16)11-12(17)9(24-2)5-10(25-3)13(11)18/h4-6,8H,1-3H3,(H,19,21,22,23). The van der Waals surface area contributed by atoms with Crippen LogP contribution in [0.5, 0.6) is 11.5 Å². The first-order valence-corrected chi connectivity index (χ1v) is 8.00. The molecule has 1 aliphatic rings. The van der Waals surface area contributed by atoms with Crippen molar-refractivity contribution in [3.05, 3.63) is 38.6 Å². The molecule has 1 aliphatic heterocycles. The minimum absolute atomic E-state index is 0.231. The SMILES string of the molecule is CNc1ncc2c(n1)=NC(=O)C(c1c(Cl)c(OC)cc(OC)c1Cl)C=2. The molecule has 1 atom stereocenters. The maximum atomic E-state index is 12.6. The van der Waals surface area contributed by atoms with Crippen LogP contribution in [0.2, 0.25) is 10.0 Å². The summed E-state index contributed by atoms with van der Waals surface area (Å²) in [6.07, 6.45) is 3.26. The molecule has 0 aliphatic carbocycles. The Balaban J connectivity index is 2.23. The summed E-state index contributed by atoms with van der Waals surface area (Å²) in [5, 5.41) is 3.87. The lowest BCUT2D eigenvalue weighted by atomic mass is 9.95. The van der Waals surface area contributed by atoms with E-state index in [2.05, 4.69) is 20.3 Å². The second kappa shape index (κ2) is 6.85. The highest BCUT2D eigenvalue weighted by molar-refractivity contribution is 6.38. The van der Waals surface area contributed by atoms with Gasteiger partial charge in [0.1, 0.15) is 11.5 Å². The summed E-state index contributed by atoms with van der Waals surface area (Å²) in [4.78, 5) is 24.9. The maximum absolute atomic E-state index is 12.6. The molecule has 0 fully saturated rings. The molecule has 0 saturated heterocycles. The summed E-state index contributed by atoms with van der Waals surface area (Å²) in [7, 11) is 4.62. The van der Waals surface area contributed by atoms with Crippen LogP contribution in [0.25, 0.3) is 6.08 Å². The van der Waals surface area contributed by atoms with E-state index in [1.807, 2.05) is 0 Å². The van der Waals surface area contributed by atoms with Crippen molar-refractivity contribution in [1.29, 1.82) is 0 Å². The fourth-order valence-corrected chi connectivity index (χ4v) is 3.25. The van der Waals surface area contributed by atoms with Gasteiger partial charge in [-0.1, -0.05) is 29.3 Å². The monoisotopic (exact) mass is 380 g/mol. The van der Waals surface area contributed by atoms with Gasteiger partial charge in [-0.2, -0.15) is 9.98 Å². The molecule has 1 amide bonds. The summed E-state index contributed by atoms with van der Waals surface area (Å²) in [5.74, 6) is -0.146. The molecular formula is C16H14Cl2N4O3. The lowest BCUT2D eigenvalue weighted by Crippen LogP contribution is -2.36. The van der Waals surface area contributed by atoms with E-state index in [9.17, 15) is 4.79 Å². The highest BCUT2D eigenvalue weighted by Gasteiger charge is 2.29.